The van der Waals surface area contributed by atoms with E-state index in [0.29, 0.717) is 11.3 Å². The van der Waals surface area contributed by atoms with E-state index < -0.39 is 0 Å². The predicted molar refractivity (Wildman–Crippen MR) is 116 cm³/mol. The third kappa shape index (κ3) is 3.64. The maximum Gasteiger partial charge on any atom is 0.273 e. The predicted octanol–water partition coefficient (Wildman–Crippen LogP) is 4.27. The zero-order valence-corrected chi connectivity index (χ0v) is 16.7. The molecule has 0 saturated carbocycles. The van der Waals surface area contributed by atoms with Crippen molar-refractivity contribution in [2.24, 2.45) is 5.10 Å². The topological polar surface area (TPSA) is 69.3 Å². The molecule has 4 rings (SSSR count). The Hall–Kier alpha value is -3.12. The van der Waals surface area contributed by atoms with Gasteiger partial charge in [-0.2, -0.15) is 5.10 Å². The molecule has 0 saturated heterocycles. The van der Waals surface area contributed by atoms with E-state index in [2.05, 4.69) is 46.8 Å². The summed E-state index contributed by atoms with van der Waals surface area (Å²) in [5.74, 6) is -0.164. The van der Waals surface area contributed by atoms with Gasteiger partial charge in [-0.25, -0.2) is 5.43 Å². The zero-order valence-electron chi connectivity index (χ0n) is 15.9. The van der Waals surface area contributed by atoms with E-state index in [1.165, 1.54) is 11.1 Å². The van der Waals surface area contributed by atoms with Gasteiger partial charge in [0.1, 0.15) is 5.71 Å². The number of thiophene rings is 1. The van der Waals surface area contributed by atoms with Crippen LogP contribution in [0.5, 0.6) is 0 Å². The summed E-state index contributed by atoms with van der Waals surface area (Å²) in [4.78, 5) is 16.7. The van der Waals surface area contributed by atoms with Crippen LogP contribution in [0.15, 0.2) is 58.5 Å². The Morgan fingerprint density at radius 1 is 1.14 bits per heavy atom. The number of rotatable bonds is 6. The molecule has 0 unspecified atom stereocenters. The van der Waals surface area contributed by atoms with Gasteiger partial charge in [0.25, 0.3) is 5.91 Å². The number of amides is 1. The number of carbonyl (C=O) groups is 1. The van der Waals surface area contributed by atoms with E-state index in [9.17, 15) is 4.79 Å². The summed E-state index contributed by atoms with van der Waals surface area (Å²) < 4.78 is 0. The van der Waals surface area contributed by atoms with Crippen LogP contribution in [0.25, 0.3) is 6.08 Å². The van der Waals surface area contributed by atoms with Crippen LogP contribution >= 0.6 is 11.3 Å². The van der Waals surface area contributed by atoms with Crippen molar-refractivity contribution in [3.63, 3.8) is 0 Å². The molecule has 0 spiro atoms. The number of anilines is 1. The fourth-order valence-electron chi connectivity index (χ4n) is 3.44. The average molecular weight is 391 g/mol. The van der Waals surface area contributed by atoms with Crippen molar-refractivity contribution in [3.8, 4) is 0 Å². The van der Waals surface area contributed by atoms with E-state index >= 15 is 0 Å². The number of hydrazone groups is 1. The van der Waals surface area contributed by atoms with Crippen LogP contribution < -0.4 is 10.7 Å². The van der Waals surface area contributed by atoms with E-state index in [0.717, 1.165) is 34.9 Å². The quantitative estimate of drug-likeness (QED) is 0.550. The molecular weight excluding hydrogens is 368 g/mol. The van der Waals surface area contributed by atoms with Crippen LogP contribution in [0.3, 0.4) is 0 Å². The molecule has 0 fully saturated rings. The summed E-state index contributed by atoms with van der Waals surface area (Å²) >= 11 is 1.58. The van der Waals surface area contributed by atoms with E-state index in [1.807, 2.05) is 41.8 Å². The highest BCUT2D eigenvalue weighted by molar-refractivity contribution is 7.12. The van der Waals surface area contributed by atoms with Gasteiger partial charge in [0, 0.05) is 23.6 Å². The molecule has 1 aromatic carbocycles. The molecule has 142 valence electrons. The van der Waals surface area contributed by atoms with Gasteiger partial charge in [-0.15, -0.1) is 11.3 Å². The Morgan fingerprint density at radius 2 is 1.96 bits per heavy atom. The number of hydrogen-bond donors (Lipinski definition) is 3. The van der Waals surface area contributed by atoms with E-state index in [-0.39, 0.29) is 5.91 Å². The number of nitrogens with zero attached hydrogens (tertiary/aromatic N) is 1. The fraction of sp³-hybridized carbons (Fsp3) is 0.182. The van der Waals surface area contributed by atoms with Crippen molar-refractivity contribution in [1.82, 2.24) is 10.4 Å². The maximum absolute atomic E-state index is 12.3. The SMILES string of the molecule is Cc1[nH]c(/C=C2/C(=O)NN=C2c2cccs2)c(C)c1CCNc1ccccc1. The number of carbonyl (C=O) groups excluding carboxylic acids is 1. The van der Waals surface area contributed by atoms with Crippen molar-refractivity contribution in [1.29, 1.82) is 0 Å². The summed E-state index contributed by atoms with van der Waals surface area (Å²) in [7, 11) is 0. The maximum atomic E-state index is 12.3. The minimum atomic E-state index is -0.164. The first-order valence-corrected chi connectivity index (χ1v) is 10.1. The highest BCUT2D eigenvalue weighted by Gasteiger charge is 2.25. The normalized spacial score (nSPS) is 15.0. The van der Waals surface area contributed by atoms with Gasteiger partial charge < -0.3 is 10.3 Å². The Labute approximate surface area is 168 Å². The number of aromatic amines is 1. The second-order valence-electron chi connectivity index (χ2n) is 6.75. The van der Waals surface area contributed by atoms with Crippen LogP contribution in [0.1, 0.15) is 27.4 Å². The summed E-state index contributed by atoms with van der Waals surface area (Å²) in [5.41, 5.74) is 9.56. The van der Waals surface area contributed by atoms with Gasteiger partial charge in [0.05, 0.1) is 10.5 Å². The number of aryl methyl sites for hydroxylation is 1. The van der Waals surface area contributed by atoms with Gasteiger partial charge in [-0.05, 0) is 61.1 Å². The Balaban J connectivity index is 1.54. The van der Waals surface area contributed by atoms with E-state index in [4.69, 9.17) is 0 Å². The van der Waals surface area contributed by atoms with Crippen molar-refractivity contribution < 1.29 is 4.79 Å². The number of nitrogens with one attached hydrogen (secondary N) is 3. The van der Waals surface area contributed by atoms with Gasteiger partial charge in [-0.1, -0.05) is 24.3 Å². The monoisotopic (exact) mass is 390 g/mol. The molecule has 3 N–H and O–H groups in total. The number of hydrogen-bond acceptors (Lipinski definition) is 4. The third-order valence-corrected chi connectivity index (χ3v) is 5.80. The second-order valence-corrected chi connectivity index (χ2v) is 7.69. The zero-order chi connectivity index (χ0) is 19.5. The summed E-state index contributed by atoms with van der Waals surface area (Å²) in [6, 6.07) is 14.1. The lowest BCUT2D eigenvalue weighted by molar-refractivity contribution is -0.116. The highest BCUT2D eigenvalue weighted by Crippen LogP contribution is 2.25. The summed E-state index contributed by atoms with van der Waals surface area (Å²) in [6.45, 7) is 5.03. The molecule has 1 amide bonds. The number of para-hydroxylation sites is 1. The standard InChI is InChI=1S/C22H22N4OS/c1-14-17(10-11-23-16-7-4-3-5-8-16)15(2)24-19(14)13-18-21(25-26-22(18)27)20-9-6-12-28-20/h3-9,12-13,23-24H,10-11H2,1-2H3,(H,26,27)/b18-13+. The van der Waals surface area contributed by atoms with E-state index in [1.54, 1.807) is 11.3 Å². The van der Waals surface area contributed by atoms with Crippen molar-refractivity contribution in [2.75, 3.05) is 11.9 Å². The summed E-state index contributed by atoms with van der Waals surface area (Å²) in [6.07, 6.45) is 2.82. The van der Waals surface area contributed by atoms with Crippen molar-refractivity contribution in [2.45, 2.75) is 20.3 Å². The lowest BCUT2D eigenvalue weighted by Gasteiger charge is -2.07. The first-order chi connectivity index (χ1) is 13.6. The molecule has 0 atom stereocenters. The Kier molecular flexibility index (Phi) is 5.12. The molecule has 28 heavy (non-hydrogen) atoms. The lowest BCUT2D eigenvalue weighted by Crippen LogP contribution is -2.13. The molecule has 3 heterocycles. The van der Waals surface area contributed by atoms with Gasteiger partial charge >= 0.3 is 0 Å². The Bertz CT molecular complexity index is 1050. The molecular formula is C22H22N4OS. The smallest absolute Gasteiger partial charge is 0.273 e. The van der Waals surface area contributed by atoms with Gasteiger partial charge in [-0.3, -0.25) is 4.79 Å². The molecule has 6 heteroatoms. The lowest BCUT2D eigenvalue weighted by atomic mass is 10.0. The molecule has 1 aliphatic heterocycles. The first-order valence-electron chi connectivity index (χ1n) is 9.24. The minimum absolute atomic E-state index is 0.164. The molecule has 3 aromatic rings. The summed E-state index contributed by atoms with van der Waals surface area (Å²) in [5, 5.41) is 9.65. The fourth-order valence-corrected chi connectivity index (χ4v) is 4.16. The number of H-pyrrole nitrogens is 1. The van der Waals surface area contributed by atoms with Crippen molar-refractivity contribution >= 4 is 34.7 Å². The van der Waals surface area contributed by atoms with Crippen LogP contribution in [0.4, 0.5) is 5.69 Å². The first kappa shape index (κ1) is 18.3. The largest absolute Gasteiger partial charge is 0.385 e. The molecule has 1 aliphatic rings. The molecule has 2 aromatic heterocycles. The highest BCUT2D eigenvalue weighted by atomic mass is 32.1. The van der Waals surface area contributed by atoms with Crippen LogP contribution in [0, 0.1) is 13.8 Å². The third-order valence-electron chi connectivity index (χ3n) is 4.92. The molecule has 0 bridgehead atoms. The van der Waals surface area contributed by atoms with Crippen LogP contribution in [0.2, 0.25) is 0 Å². The Morgan fingerprint density at radius 3 is 2.71 bits per heavy atom. The average Bonchev–Trinajstić information content (AvgIpc) is 3.40. The van der Waals surface area contributed by atoms with Crippen LogP contribution in [-0.2, 0) is 11.2 Å². The molecule has 0 aliphatic carbocycles. The number of benzene rings is 1. The second kappa shape index (κ2) is 7.86. The van der Waals surface area contributed by atoms with Crippen molar-refractivity contribution in [3.05, 3.63) is 80.8 Å². The minimum Gasteiger partial charge on any atom is -0.385 e. The van der Waals surface area contributed by atoms with Gasteiger partial charge in [0.15, 0.2) is 0 Å². The van der Waals surface area contributed by atoms with Crippen LogP contribution in [-0.4, -0.2) is 23.1 Å². The molecule has 5 nitrogen and oxygen atoms in total. The molecule has 0 radical (unpaired) electrons. The van der Waals surface area contributed by atoms with Gasteiger partial charge in [0.2, 0.25) is 0 Å². The number of aromatic nitrogens is 1.